The summed E-state index contributed by atoms with van der Waals surface area (Å²) >= 11 is 0. The highest BCUT2D eigenvalue weighted by Gasteiger charge is 2.33. The van der Waals surface area contributed by atoms with E-state index in [1.165, 1.54) is 12.8 Å². The number of rotatable bonds is 7. The van der Waals surface area contributed by atoms with Gasteiger partial charge in [0.2, 0.25) is 0 Å². The fourth-order valence-electron chi connectivity index (χ4n) is 4.01. The van der Waals surface area contributed by atoms with E-state index in [-0.39, 0.29) is 0 Å². The van der Waals surface area contributed by atoms with Gasteiger partial charge in [0.15, 0.2) is 0 Å². The van der Waals surface area contributed by atoms with Crippen molar-refractivity contribution in [3.63, 3.8) is 0 Å². The molecule has 6 N–H and O–H groups in total. The molecule has 0 aromatic carbocycles. The van der Waals surface area contributed by atoms with Crippen LogP contribution < -0.4 is 17.2 Å². The van der Waals surface area contributed by atoms with Gasteiger partial charge < -0.3 is 17.2 Å². The van der Waals surface area contributed by atoms with E-state index in [2.05, 4.69) is 27.7 Å². The van der Waals surface area contributed by atoms with Gasteiger partial charge in [0.25, 0.3) is 0 Å². The SMILES string of the molecule is CC(C)CC(CC(C)C)=C1C(CN)CC(CN)CC1CN. The van der Waals surface area contributed by atoms with Crippen LogP contribution in [0.3, 0.4) is 0 Å². The van der Waals surface area contributed by atoms with Crippen LogP contribution in [0.1, 0.15) is 53.4 Å². The van der Waals surface area contributed by atoms with Gasteiger partial charge in [0, 0.05) is 0 Å². The lowest BCUT2D eigenvalue weighted by molar-refractivity contribution is 0.275. The molecule has 1 saturated carbocycles. The predicted molar refractivity (Wildman–Crippen MR) is 92.8 cm³/mol. The first-order chi connectivity index (χ1) is 9.92. The lowest BCUT2D eigenvalue weighted by Gasteiger charge is -2.39. The molecule has 2 unspecified atom stereocenters. The van der Waals surface area contributed by atoms with Crippen LogP contribution in [0.25, 0.3) is 0 Å². The molecule has 0 aliphatic heterocycles. The Labute approximate surface area is 131 Å². The van der Waals surface area contributed by atoms with Crippen molar-refractivity contribution < 1.29 is 0 Å². The Hall–Kier alpha value is -0.380. The maximum atomic E-state index is 6.11. The number of hydrogen-bond acceptors (Lipinski definition) is 3. The van der Waals surface area contributed by atoms with Crippen LogP contribution in [0.5, 0.6) is 0 Å². The molecular weight excluding hydrogens is 258 g/mol. The van der Waals surface area contributed by atoms with E-state index in [0.717, 1.165) is 32.5 Å². The zero-order valence-electron chi connectivity index (χ0n) is 14.6. The minimum Gasteiger partial charge on any atom is -0.330 e. The van der Waals surface area contributed by atoms with Gasteiger partial charge in [-0.15, -0.1) is 0 Å². The minimum atomic E-state index is 0.494. The number of allylic oxidation sites excluding steroid dienone is 1. The third-order valence-corrected chi connectivity index (χ3v) is 4.74. The molecule has 0 bridgehead atoms. The molecule has 0 saturated heterocycles. The fraction of sp³-hybridized carbons (Fsp3) is 0.889. The van der Waals surface area contributed by atoms with Gasteiger partial charge in [-0.05, 0) is 74.9 Å². The zero-order valence-corrected chi connectivity index (χ0v) is 14.6. The van der Waals surface area contributed by atoms with E-state index in [1.54, 1.807) is 11.1 Å². The molecule has 3 heteroatoms. The van der Waals surface area contributed by atoms with Crippen LogP contribution in [0.15, 0.2) is 11.1 Å². The largest absolute Gasteiger partial charge is 0.330 e. The molecule has 1 aliphatic carbocycles. The average molecular weight is 296 g/mol. The summed E-state index contributed by atoms with van der Waals surface area (Å²) in [5.74, 6) is 2.96. The zero-order chi connectivity index (χ0) is 16.0. The van der Waals surface area contributed by atoms with Crippen molar-refractivity contribution in [2.24, 2.45) is 46.8 Å². The topological polar surface area (TPSA) is 78.1 Å². The maximum absolute atomic E-state index is 6.11. The molecule has 1 fully saturated rings. The highest BCUT2D eigenvalue weighted by molar-refractivity contribution is 5.24. The van der Waals surface area contributed by atoms with Crippen molar-refractivity contribution >= 4 is 0 Å². The van der Waals surface area contributed by atoms with E-state index in [9.17, 15) is 0 Å². The Balaban J connectivity index is 3.15. The first-order valence-corrected chi connectivity index (χ1v) is 8.74. The second-order valence-electron chi connectivity index (χ2n) is 7.69. The summed E-state index contributed by atoms with van der Waals surface area (Å²) in [7, 11) is 0. The summed E-state index contributed by atoms with van der Waals surface area (Å²) in [6, 6.07) is 0. The van der Waals surface area contributed by atoms with Crippen LogP contribution in [-0.4, -0.2) is 19.6 Å². The van der Waals surface area contributed by atoms with Gasteiger partial charge in [-0.25, -0.2) is 0 Å². The minimum absolute atomic E-state index is 0.494. The van der Waals surface area contributed by atoms with Crippen LogP contribution >= 0.6 is 0 Å². The number of hydrogen-bond donors (Lipinski definition) is 3. The summed E-state index contributed by atoms with van der Waals surface area (Å²) in [6.45, 7) is 11.5. The van der Waals surface area contributed by atoms with Crippen LogP contribution in [0, 0.1) is 29.6 Å². The molecule has 21 heavy (non-hydrogen) atoms. The second kappa shape index (κ2) is 8.92. The van der Waals surface area contributed by atoms with E-state index < -0.39 is 0 Å². The van der Waals surface area contributed by atoms with Crippen molar-refractivity contribution in [2.45, 2.75) is 53.4 Å². The lowest BCUT2D eigenvalue weighted by atomic mass is 9.68. The maximum Gasteiger partial charge on any atom is -0.00112 e. The molecule has 0 aromatic rings. The molecule has 1 rings (SSSR count). The van der Waals surface area contributed by atoms with Crippen molar-refractivity contribution in [3.05, 3.63) is 11.1 Å². The molecule has 1 aliphatic rings. The third kappa shape index (κ3) is 5.39. The molecule has 3 nitrogen and oxygen atoms in total. The van der Waals surface area contributed by atoms with Crippen LogP contribution in [0.4, 0.5) is 0 Å². The van der Waals surface area contributed by atoms with Crippen LogP contribution in [-0.2, 0) is 0 Å². The molecule has 0 heterocycles. The standard InChI is InChI=1S/C18H37N3/c1-12(2)5-15(6-13(3)4)18-16(10-20)7-14(9-19)8-17(18)11-21/h12-14,16-17H,5-11,19-21H2,1-4H3. The third-order valence-electron chi connectivity index (χ3n) is 4.74. The van der Waals surface area contributed by atoms with Gasteiger partial charge >= 0.3 is 0 Å². The van der Waals surface area contributed by atoms with Gasteiger partial charge in [0.1, 0.15) is 0 Å². The normalized spacial score (nSPS) is 26.7. The Kier molecular flexibility index (Phi) is 7.93. The fourth-order valence-corrected chi connectivity index (χ4v) is 4.01. The quantitative estimate of drug-likeness (QED) is 0.632. The number of nitrogens with two attached hydrogens (primary N) is 3. The van der Waals surface area contributed by atoms with Crippen LogP contribution in [0.2, 0.25) is 0 Å². The molecule has 0 aromatic heterocycles. The highest BCUT2D eigenvalue weighted by atomic mass is 14.6. The molecule has 0 radical (unpaired) electrons. The Morgan fingerprint density at radius 2 is 1.29 bits per heavy atom. The van der Waals surface area contributed by atoms with E-state index in [4.69, 9.17) is 17.2 Å². The van der Waals surface area contributed by atoms with Gasteiger partial charge in [0.05, 0.1) is 0 Å². The van der Waals surface area contributed by atoms with Crippen molar-refractivity contribution in [3.8, 4) is 0 Å². The van der Waals surface area contributed by atoms with Crippen molar-refractivity contribution in [2.75, 3.05) is 19.6 Å². The molecular formula is C18H37N3. The highest BCUT2D eigenvalue weighted by Crippen LogP contribution is 2.41. The Morgan fingerprint density at radius 3 is 1.57 bits per heavy atom. The summed E-state index contributed by atoms with van der Waals surface area (Å²) in [6.07, 6.45) is 4.68. The van der Waals surface area contributed by atoms with E-state index in [1.807, 2.05) is 0 Å². The summed E-state index contributed by atoms with van der Waals surface area (Å²) in [5.41, 5.74) is 21.4. The average Bonchev–Trinajstić information content (AvgIpc) is 2.43. The summed E-state index contributed by atoms with van der Waals surface area (Å²) in [4.78, 5) is 0. The van der Waals surface area contributed by atoms with Gasteiger partial charge in [-0.3, -0.25) is 0 Å². The summed E-state index contributed by atoms with van der Waals surface area (Å²) < 4.78 is 0. The first-order valence-electron chi connectivity index (χ1n) is 8.74. The van der Waals surface area contributed by atoms with E-state index in [0.29, 0.717) is 29.6 Å². The van der Waals surface area contributed by atoms with Crippen molar-refractivity contribution in [1.82, 2.24) is 0 Å². The molecule has 124 valence electrons. The van der Waals surface area contributed by atoms with Crippen molar-refractivity contribution in [1.29, 1.82) is 0 Å². The second-order valence-corrected chi connectivity index (χ2v) is 7.69. The molecule has 0 amide bonds. The summed E-state index contributed by atoms with van der Waals surface area (Å²) in [5, 5.41) is 0. The smallest absolute Gasteiger partial charge is 0.00112 e. The molecule has 2 atom stereocenters. The Morgan fingerprint density at radius 1 is 0.857 bits per heavy atom. The van der Waals surface area contributed by atoms with Gasteiger partial charge in [-0.2, -0.15) is 0 Å². The first kappa shape index (κ1) is 18.7. The Bertz CT molecular complexity index is 305. The molecule has 0 spiro atoms. The van der Waals surface area contributed by atoms with Gasteiger partial charge in [-0.1, -0.05) is 38.8 Å². The predicted octanol–water partition coefficient (Wildman–Crippen LogP) is 2.89. The monoisotopic (exact) mass is 295 g/mol. The van der Waals surface area contributed by atoms with E-state index >= 15 is 0 Å². The lowest BCUT2D eigenvalue weighted by Crippen LogP contribution is -2.37.